The summed E-state index contributed by atoms with van der Waals surface area (Å²) >= 11 is 1.33. The largest absolute Gasteiger partial charge is 0.483 e. The van der Waals surface area contributed by atoms with Gasteiger partial charge in [-0.05, 0) is 42.7 Å². The minimum Gasteiger partial charge on any atom is -0.483 e. The summed E-state index contributed by atoms with van der Waals surface area (Å²) in [5.41, 5.74) is 1.72. The summed E-state index contributed by atoms with van der Waals surface area (Å²) in [5.74, 6) is 0.158. The summed E-state index contributed by atoms with van der Waals surface area (Å²) < 4.78 is 21.6. The molecule has 0 radical (unpaired) electrons. The summed E-state index contributed by atoms with van der Waals surface area (Å²) in [6.07, 6.45) is 2.02. The summed E-state index contributed by atoms with van der Waals surface area (Å²) in [4.78, 5) is 13.1. The lowest BCUT2D eigenvalue weighted by molar-refractivity contribution is -0.120. The summed E-state index contributed by atoms with van der Waals surface area (Å²) in [7, 11) is 0. The lowest BCUT2D eigenvalue weighted by atomic mass is 10.1. The van der Waals surface area contributed by atoms with Crippen LogP contribution in [-0.2, 0) is 11.4 Å². The SMILES string of the molecule is O=C(NC1CC1)[C@@H](Sc1nnc(COc2ccccc2F)n1-c1ccccc1)c1ccccc1. The lowest BCUT2D eigenvalue weighted by Crippen LogP contribution is -2.30. The van der Waals surface area contributed by atoms with E-state index >= 15 is 0 Å². The second-order valence-corrected chi connectivity index (χ2v) is 9.05. The van der Waals surface area contributed by atoms with E-state index in [2.05, 4.69) is 15.5 Å². The molecule has 3 aromatic carbocycles. The standard InChI is InChI=1S/C26H23FN4O2S/c27-21-13-7-8-14-22(21)33-17-23-29-30-26(31(23)20-11-5-2-6-12-20)34-24(18-9-3-1-4-10-18)25(32)28-19-15-16-19/h1-14,19,24H,15-17H2,(H,28,32)/t24-/m0/s1. The molecule has 1 aliphatic rings. The Hall–Kier alpha value is -3.65. The molecular formula is C26H23FN4O2S. The molecule has 0 aliphatic heterocycles. The van der Waals surface area contributed by atoms with E-state index in [9.17, 15) is 9.18 Å². The van der Waals surface area contributed by atoms with Crippen LogP contribution in [0.1, 0.15) is 29.5 Å². The van der Waals surface area contributed by atoms with Gasteiger partial charge in [0, 0.05) is 11.7 Å². The second kappa shape index (κ2) is 10.1. The van der Waals surface area contributed by atoms with Crippen molar-refractivity contribution in [2.75, 3.05) is 0 Å². The molecule has 0 saturated heterocycles. The van der Waals surface area contributed by atoms with Gasteiger partial charge in [0.15, 0.2) is 22.5 Å². The van der Waals surface area contributed by atoms with Crippen LogP contribution in [0.15, 0.2) is 90.1 Å². The fourth-order valence-electron chi connectivity index (χ4n) is 3.52. The van der Waals surface area contributed by atoms with E-state index in [1.807, 2.05) is 65.2 Å². The summed E-state index contributed by atoms with van der Waals surface area (Å²) in [5, 5.41) is 11.9. The Bertz CT molecular complexity index is 1260. The van der Waals surface area contributed by atoms with Crippen molar-refractivity contribution in [1.29, 1.82) is 0 Å². The van der Waals surface area contributed by atoms with Crippen LogP contribution in [0.3, 0.4) is 0 Å². The highest BCUT2D eigenvalue weighted by Gasteiger charge is 2.31. The fourth-order valence-corrected chi connectivity index (χ4v) is 4.60. The number of hydrogen-bond acceptors (Lipinski definition) is 5. The molecule has 172 valence electrons. The van der Waals surface area contributed by atoms with Gasteiger partial charge in [0.25, 0.3) is 0 Å². The van der Waals surface area contributed by atoms with E-state index in [1.54, 1.807) is 18.2 Å². The number of carbonyl (C=O) groups excluding carboxylic acids is 1. The maximum Gasteiger partial charge on any atom is 0.238 e. The van der Waals surface area contributed by atoms with Gasteiger partial charge in [0.2, 0.25) is 5.91 Å². The first-order valence-corrected chi connectivity index (χ1v) is 12.0. The van der Waals surface area contributed by atoms with Crippen LogP contribution in [-0.4, -0.2) is 26.7 Å². The Labute approximate surface area is 201 Å². The number of nitrogens with zero attached hydrogens (tertiary/aromatic N) is 3. The normalized spacial score (nSPS) is 13.9. The van der Waals surface area contributed by atoms with Crippen molar-refractivity contribution in [3.63, 3.8) is 0 Å². The van der Waals surface area contributed by atoms with Gasteiger partial charge in [-0.1, -0.05) is 72.4 Å². The highest BCUT2D eigenvalue weighted by molar-refractivity contribution is 8.00. The van der Waals surface area contributed by atoms with Gasteiger partial charge in [-0.2, -0.15) is 0 Å². The molecule has 1 saturated carbocycles. The van der Waals surface area contributed by atoms with Crippen molar-refractivity contribution >= 4 is 17.7 Å². The molecule has 6 nitrogen and oxygen atoms in total. The topological polar surface area (TPSA) is 69.0 Å². The van der Waals surface area contributed by atoms with E-state index in [0.29, 0.717) is 11.0 Å². The first-order chi connectivity index (χ1) is 16.7. The predicted octanol–water partition coefficient (Wildman–Crippen LogP) is 5.10. The minimum atomic E-state index is -0.492. The average Bonchev–Trinajstić information content (AvgIpc) is 3.60. The van der Waals surface area contributed by atoms with Gasteiger partial charge in [-0.3, -0.25) is 9.36 Å². The van der Waals surface area contributed by atoms with Crippen molar-refractivity contribution in [3.05, 3.63) is 102 Å². The number of aromatic nitrogens is 3. The molecule has 1 aromatic heterocycles. The van der Waals surface area contributed by atoms with E-state index in [4.69, 9.17) is 4.74 Å². The smallest absolute Gasteiger partial charge is 0.238 e. The zero-order valence-corrected chi connectivity index (χ0v) is 19.1. The van der Waals surface area contributed by atoms with Gasteiger partial charge in [0.05, 0.1) is 0 Å². The Morgan fingerprint density at radius 1 is 1.00 bits per heavy atom. The van der Waals surface area contributed by atoms with E-state index in [-0.39, 0.29) is 24.3 Å². The molecule has 1 atom stereocenters. The molecule has 0 spiro atoms. The Morgan fingerprint density at radius 3 is 2.38 bits per heavy atom. The summed E-state index contributed by atoms with van der Waals surface area (Å²) in [6.45, 7) is 0.0215. The number of thioether (sulfide) groups is 1. The molecule has 34 heavy (non-hydrogen) atoms. The van der Waals surface area contributed by atoms with Crippen LogP contribution >= 0.6 is 11.8 Å². The number of para-hydroxylation sites is 2. The third-order valence-corrected chi connectivity index (χ3v) is 6.59. The van der Waals surface area contributed by atoms with Crippen molar-refractivity contribution < 1.29 is 13.9 Å². The van der Waals surface area contributed by atoms with Crippen molar-refractivity contribution in [1.82, 2.24) is 20.1 Å². The number of amides is 1. The van der Waals surface area contributed by atoms with Crippen LogP contribution in [0.5, 0.6) is 5.75 Å². The molecule has 1 fully saturated rings. The lowest BCUT2D eigenvalue weighted by Gasteiger charge is -2.17. The first-order valence-electron chi connectivity index (χ1n) is 11.1. The Morgan fingerprint density at radius 2 is 1.68 bits per heavy atom. The third kappa shape index (κ3) is 5.12. The number of halogens is 1. The van der Waals surface area contributed by atoms with Gasteiger partial charge < -0.3 is 10.1 Å². The Kier molecular flexibility index (Phi) is 6.58. The average molecular weight is 475 g/mol. The predicted molar refractivity (Wildman–Crippen MR) is 128 cm³/mol. The molecule has 1 aliphatic carbocycles. The zero-order valence-electron chi connectivity index (χ0n) is 18.3. The van der Waals surface area contributed by atoms with Crippen molar-refractivity contribution in [2.45, 2.75) is 35.9 Å². The number of ether oxygens (including phenoxy) is 1. The fraction of sp³-hybridized carbons (Fsp3) is 0.192. The minimum absolute atomic E-state index is 0.0215. The number of rotatable bonds is 9. The van der Waals surface area contributed by atoms with Crippen LogP contribution in [0.25, 0.3) is 5.69 Å². The van der Waals surface area contributed by atoms with Gasteiger partial charge >= 0.3 is 0 Å². The molecule has 1 N–H and O–H groups in total. The Balaban J connectivity index is 1.47. The molecule has 8 heteroatoms. The zero-order chi connectivity index (χ0) is 23.3. The van der Waals surface area contributed by atoms with Crippen LogP contribution < -0.4 is 10.1 Å². The summed E-state index contributed by atoms with van der Waals surface area (Å²) in [6, 6.07) is 25.8. The van der Waals surface area contributed by atoms with Crippen LogP contribution in [0.4, 0.5) is 4.39 Å². The molecule has 1 heterocycles. The van der Waals surface area contributed by atoms with Gasteiger partial charge in [-0.15, -0.1) is 10.2 Å². The molecule has 1 amide bonds. The quantitative estimate of drug-likeness (QED) is 0.342. The maximum absolute atomic E-state index is 14.1. The second-order valence-electron chi connectivity index (χ2n) is 7.98. The first kappa shape index (κ1) is 22.2. The van der Waals surface area contributed by atoms with Crippen molar-refractivity contribution in [3.8, 4) is 11.4 Å². The molecule has 4 aromatic rings. The highest BCUT2D eigenvalue weighted by Crippen LogP contribution is 2.37. The van der Waals surface area contributed by atoms with Crippen LogP contribution in [0, 0.1) is 5.82 Å². The van der Waals surface area contributed by atoms with E-state index < -0.39 is 11.1 Å². The van der Waals surface area contributed by atoms with Crippen LogP contribution in [0.2, 0.25) is 0 Å². The molecule has 0 unspecified atom stereocenters. The highest BCUT2D eigenvalue weighted by atomic mass is 32.2. The van der Waals surface area contributed by atoms with E-state index in [0.717, 1.165) is 24.1 Å². The monoisotopic (exact) mass is 474 g/mol. The molecule has 0 bridgehead atoms. The number of hydrogen-bond donors (Lipinski definition) is 1. The number of carbonyl (C=O) groups is 1. The number of benzene rings is 3. The number of nitrogens with one attached hydrogen (secondary N) is 1. The molecular weight excluding hydrogens is 451 g/mol. The van der Waals surface area contributed by atoms with Gasteiger partial charge in [0.1, 0.15) is 11.9 Å². The third-order valence-electron chi connectivity index (χ3n) is 5.40. The molecule has 5 rings (SSSR count). The maximum atomic E-state index is 14.1. The van der Waals surface area contributed by atoms with Gasteiger partial charge in [-0.25, -0.2) is 4.39 Å². The van der Waals surface area contributed by atoms with E-state index in [1.165, 1.54) is 17.8 Å². The van der Waals surface area contributed by atoms with Crippen molar-refractivity contribution in [2.24, 2.45) is 0 Å².